The van der Waals surface area contributed by atoms with E-state index in [2.05, 4.69) is 20.3 Å². The number of ether oxygens (including phenoxy) is 1. The number of thioether (sulfide) groups is 1. The summed E-state index contributed by atoms with van der Waals surface area (Å²) in [5.74, 6) is 1.38. The lowest BCUT2D eigenvalue weighted by Crippen LogP contribution is -2.40. The summed E-state index contributed by atoms with van der Waals surface area (Å²) in [5.41, 5.74) is 4.33. The summed E-state index contributed by atoms with van der Waals surface area (Å²) in [4.78, 5) is 29.9. The molecule has 3 aromatic heterocycles. The monoisotopic (exact) mass is 500 g/mol. The number of morpholine rings is 1. The molecule has 1 saturated heterocycles. The molecule has 184 valence electrons. The van der Waals surface area contributed by atoms with Crippen LogP contribution in [0.25, 0.3) is 28.1 Å². The maximum absolute atomic E-state index is 13.1. The van der Waals surface area contributed by atoms with Crippen LogP contribution >= 0.6 is 11.8 Å². The van der Waals surface area contributed by atoms with Gasteiger partial charge in [0, 0.05) is 71.5 Å². The van der Waals surface area contributed by atoms with Crippen molar-refractivity contribution in [2.75, 3.05) is 44.4 Å². The molecule has 1 N–H and O–H groups in total. The van der Waals surface area contributed by atoms with E-state index in [0.29, 0.717) is 37.8 Å². The average molecular weight is 501 g/mol. The number of aromatic nitrogens is 4. The summed E-state index contributed by atoms with van der Waals surface area (Å²) in [6, 6.07) is 9.91. The number of hydrogen-bond acceptors (Lipinski definition) is 7. The molecular weight excluding hydrogens is 472 g/mol. The molecule has 0 radical (unpaired) electrons. The second-order valence-corrected chi connectivity index (χ2v) is 10.1. The van der Waals surface area contributed by atoms with E-state index in [0.717, 1.165) is 45.2 Å². The number of benzene rings is 1. The number of carbonyl (C=O) groups is 1. The first kappa shape index (κ1) is 23.0. The van der Waals surface area contributed by atoms with Crippen LogP contribution < -0.4 is 5.32 Å². The molecule has 0 atom stereocenters. The molecule has 1 aliphatic heterocycles. The summed E-state index contributed by atoms with van der Waals surface area (Å²) in [5, 5.41) is 4.57. The van der Waals surface area contributed by atoms with Crippen molar-refractivity contribution in [2.45, 2.75) is 17.7 Å². The van der Waals surface area contributed by atoms with Crippen LogP contribution in [0.5, 0.6) is 0 Å². The third-order valence-electron chi connectivity index (χ3n) is 6.74. The van der Waals surface area contributed by atoms with Gasteiger partial charge in [0.05, 0.1) is 24.4 Å². The first-order valence-corrected chi connectivity index (χ1v) is 13.5. The van der Waals surface area contributed by atoms with Crippen LogP contribution in [-0.4, -0.2) is 69.4 Å². The molecule has 2 aliphatic rings. The molecule has 1 aliphatic carbocycles. The smallest absolute Gasteiger partial charge is 0.254 e. The Morgan fingerprint density at radius 2 is 1.92 bits per heavy atom. The molecule has 9 heteroatoms. The predicted molar refractivity (Wildman–Crippen MR) is 142 cm³/mol. The van der Waals surface area contributed by atoms with E-state index in [9.17, 15) is 4.79 Å². The fourth-order valence-corrected chi connectivity index (χ4v) is 5.07. The Morgan fingerprint density at radius 3 is 2.67 bits per heavy atom. The van der Waals surface area contributed by atoms with E-state index in [1.807, 2.05) is 70.8 Å². The van der Waals surface area contributed by atoms with Crippen molar-refractivity contribution in [1.82, 2.24) is 24.4 Å². The largest absolute Gasteiger partial charge is 0.385 e. The third-order valence-corrected chi connectivity index (χ3v) is 7.50. The van der Waals surface area contributed by atoms with Crippen LogP contribution in [0, 0.1) is 5.92 Å². The molecule has 4 aromatic rings. The molecule has 0 bridgehead atoms. The minimum atomic E-state index is 0.0242. The first-order chi connectivity index (χ1) is 17.7. The van der Waals surface area contributed by atoms with Gasteiger partial charge in [-0.25, -0.2) is 9.97 Å². The van der Waals surface area contributed by atoms with E-state index in [-0.39, 0.29) is 5.91 Å². The highest BCUT2D eigenvalue weighted by Gasteiger charge is 2.21. The molecular formula is C27H28N6O2S. The zero-order valence-electron chi connectivity index (χ0n) is 20.2. The number of rotatable bonds is 7. The Bertz CT molecular complexity index is 1390. The van der Waals surface area contributed by atoms with Crippen molar-refractivity contribution in [1.29, 1.82) is 0 Å². The van der Waals surface area contributed by atoms with Crippen LogP contribution in [0.2, 0.25) is 0 Å². The van der Waals surface area contributed by atoms with Gasteiger partial charge >= 0.3 is 0 Å². The van der Waals surface area contributed by atoms with Gasteiger partial charge in [-0.15, -0.1) is 11.8 Å². The van der Waals surface area contributed by atoms with Crippen LogP contribution in [0.4, 0.5) is 5.69 Å². The van der Waals surface area contributed by atoms with Gasteiger partial charge in [-0.2, -0.15) is 0 Å². The van der Waals surface area contributed by atoms with Gasteiger partial charge in [0.2, 0.25) is 5.95 Å². The highest BCUT2D eigenvalue weighted by Crippen LogP contribution is 2.32. The zero-order chi connectivity index (χ0) is 24.5. The minimum Gasteiger partial charge on any atom is -0.385 e. The number of pyridine rings is 1. The molecule has 1 saturated carbocycles. The lowest BCUT2D eigenvalue weighted by atomic mass is 10.1. The highest BCUT2D eigenvalue weighted by molar-refractivity contribution is 7.98. The molecule has 2 fully saturated rings. The van der Waals surface area contributed by atoms with Crippen molar-refractivity contribution in [3.63, 3.8) is 0 Å². The number of fused-ring (bicyclic) bond motifs is 1. The molecule has 6 rings (SSSR count). The van der Waals surface area contributed by atoms with Crippen molar-refractivity contribution in [2.24, 2.45) is 5.92 Å². The Balaban J connectivity index is 1.30. The summed E-state index contributed by atoms with van der Waals surface area (Å²) < 4.78 is 7.36. The van der Waals surface area contributed by atoms with E-state index in [1.165, 1.54) is 12.8 Å². The van der Waals surface area contributed by atoms with Crippen LogP contribution in [-0.2, 0) is 4.74 Å². The fraction of sp³-hybridized carbons (Fsp3) is 0.333. The molecule has 4 heterocycles. The molecule has 0 unspecified atom stereocenters. The topological polar surface area (TPSA) is 85.2 Å². The molecule has 0 spiro atoms. The molecule has 36 heavy (non-hydrogen) atoms. The summed E-state index contributed by atoms with van der Waals surface area (Å²) >= 11 is 1.66. The minimum absolute atomic E-state index is 0.0242. The van der Waals surface area contributed by atoms with Gasteiger partial charge in [0.1, 0.15) is 0 Å². The standard InChI is InChI=1S/C27H28N6O2S/c1-36-25-17-33(24-12-19(4-5-22(24)25)26(34)32-8-10-35-11-9-32)27-30-15-20(16-31-27)23-13-21(6-7-28-23)29-14-18-2-3-18/h4-7,12-13,15-18H,2-3,8-11,14H2,1H3,(H,28,29). The predicted octanol–water partition coefficient (Wildman–Crippen LogP) is 4.50. The number of amides is 1. The van der Waals surface area contributed by atoms with Gasteiger partial charge in [0.25, 0.3) is 5.91 Å². The molecule has 8 nitrogen and oxygen atoms in total. The van der Waals surface area contributed by atoms with Gasteiger partial charge < -0.3 is 15.0 Å². The lowest BCUT2D eigenvalue weighted by Gasteiger charge is -2.26. The third kappa shape index (κ3) is 4.68. The Morgan fingerprint density at radius 1 is 1.11 bits per heavy atom. The number of anilines is 1. The number of carbonyl (C=O) groups excluding carboxylic acids is 1. The van der Waals surface area contributed by atoms with E-state index >= 15 is 0 Å². The maximum atomic E-state index is 13.1. The summed E-state index contributed by atoms with van der Waals surface area (Å²) in [6.45, 7) is 3.39. The summed E-state index contributed by atoms with van der Waals surface area (Å²) in [7, 11) is 0. The number of nitrogens with one attached hydrogen (secondary N) is 1. The zero-order valence-corrected chi connectivity index (χ0v) is 21.0. The normalized spacial score (nSPS) is 15.9. The SMILES string of the molecule is CSc1cn(-c2ncc(-c3cc(NCC4CC4)ccn3)cn2)c2cc(C(=O)N3CCOCC3)ccc12. The van der Waals surface area contributed by atoms with Crippen LogP contribution in [0.3, 0.4) is 0 Å². The van der Waals surface area contributed by atoms with Crippen molar-refractivity contribution >= 4 is 34.3 Å². The van der Waals surface area contributed by atoms with Crippen molar-refractivity contribution in [3.8, 4) is 17.2 Å². The average Bonchev–Trinajstić information content (AvgIpc) is 3.71. The van der Waals surface area contributed by atoms with Crippen molar-refractivity contribution in [3.05, 3.63) is 60.7 Å². The van der Waals surface area contributed by atoms with Gasteiger partial charge in [-0.05, 0) is 49.3 Å². The second-order valence-electron chi connectivity index (χ2n) is 9.23. The molecule has 1 aromatic carbocycles. The Labute approximate surface area is 214 Å². The van der Waals surface area contributed by atoms with E-state index < -0.39 is 0 Å². The first-order valence-electron chi connectivity index (χ1n) is 12.3. The fourth-order valence-electron chi connectivity index (χ4n) is 4.47. The van der Waals surface area contributed by atoms with Crippen molar-refractivity contribution < 1.29 is 9.53 Å². The maximum Gasteiger partial charge on any atom is 0.254 e. The van der Waals surface area contributed by atoms with E-state index in [4.69, 9.17) is 4.74 Å². The Hall–Kier alpha value is -3.43. The van der Waals surface area contributed by atoms with E-state index in [1.54, 1.807) is 11.8 Å². The number of nitrogens with zero attached hydrogens (tertiary/aromatic N) is 5. The number of hydrogen-bond donors (Lipinski definition) is 1. The van der Waals surface area contributed by atoms with Gasteiger partial charge in [-0.3, -0.25) is 14.3 Å². The summed E-state index contributed by atoms with van der Waals surface area (Å²) in [6.07, 6.45) is 12.1. The lowest BCUT2D eigenvalue weighted by molar-refractivity contribution is 0.0303. The molecule has 1 amide bonds. The van der Waals surface area contributed by atoms with Gasteiger partial charge in [0.15, 0.2) is 0 Å². The second kappa shape index (κ2) is 9.91. The highest BCUT2D eigenvalue weighted by atomic mass is 32.2. The van der Waals surface area contributed by atoms with Gasteiger partial charge in [-0.1, -0.05) is 6.07 Å². The Kier molecular flexibility index (Phi) is 6.33. The van der Waals surface area contributed by atoms with Crippen LogP contribution in [0.1, 0.15) is 23.2 Å². The quantitative estimate of drug-likeness (QED) is 0.374. The van der Waals surface area contributed by atoms with Crippen LogP contribution in [0.15, 0.2) is 60.0 Å².